The van der Waals surface area contributed by atoms with Crippen LogP contribution in [0.1, 0.15) is 5.56 Å². The number of hydrogen-bond donors (Lipinski definition) is 1. The van der Waals surface area contributed by atoms with Crippen molar-refractivity contribution in [2.75, 3.05) is 26.0 Å². The smallest absolute Gasteiger partial charge is 0.285 e. The minimum atomic E-state index is -0.248. The third-order valence-electron chi connectivity index (χ3n) is 3.85. The van der Waals surface area contributed by atoms with Crippen LogP contribution in [0.3, 0.4) is 0 Å². The number of rotatable bonds is 4. The van der Waals surface area contributed by atoms with E-state index < -0.39 is 0 Å². The number of thioether (sulfide) groups is 1. The van der Waals surface area contributed by atoms with Crippen molar-refractivity contribution in [3.8, 4) is 5.75 Å². The first-order valence-electron chi connectivity index (χ1n) is 8.52. The highest BCUT2D eigenvalue weighted by Gasteiger charge is 2.10. The van der Waals surface area contributed by atoms with Crippen LogP contribution in [-0.2, 0) is 4.79 Å². The second kappa shape index (κ2) is 8.99. The molecule has 7 heteroatoms. The second-order valence-corrected chi connectivity index (χ2v) is 7.76. The Balaban J connectivity index is 1.59. The molecule has 0 unspecified atom stereocenters. The molecule has 2 aromatic carbocycles. The lowest BCUT2D eigenvalue weighted by molar-refractivity contribution is -0.111. The van der Waals surface area contributed by atoms with Crippen molar-refractivity contribution in [3.05, 3.63) is 70.8 Å². The van der Waals surface area contributed by atoms with Crippen molar-refractivity contribution in [2.45, 2.75) is 4.90 Å². The standard InChI is InChI=1S/C21H19ClN2O3S/c1-24(2)21(26)28-18-7-5-17(6-8-18)23-20(25)10-3-14-11-15-12-16(22)4-9-19(15)27-13-14/h3-12H,13H2,1-2H3,(H,23,25)/b10-3+. The molecule has 1 N–H and O–H groups in total. The van der Waals surface area contributed by atoms with E-state index in [-0.39, 0.29) is 11.1 Å². The summed E-state index contributed by atoms with van der Waals surface area (Å²) < 4.78 is 5.66. The molecule has 0 fully saturated rings. The Morgan fingerprint density at radius 2 is 1.93 bits per heavy atom. The van der Waals surface area contributed by atoms with Gasteiger partial charge in [0.1, 0.15) is 12.4 Å². The molecule has 5 nitrogen and oxygen atoms in total. The summed E-state index contributed by atoms with van der Waals surface area (Å²) in [5.41, 5.74) is 2.42. The zero-order chi connectivity index (χ0) is 20.1. The fourth-order valence-electron chi connectivity index (χ4n) is 2.43. The Morgan fingerprint density at radius 3 is 2.64 bits per heavy atom. The van der Waals surface area contributed by atoms with Crippen molar-refractivity contribution in [1.82, 2.24) is 4.90 Å². The van der Waals surface area contributed by atoms with Gasteiger partial charge in [0, 0.05) is 41.3 Å². The SMILES string of the molecule is CN(C)C(=O)Sc1ccc(NC(=O)/C=C/C2=Cc3cc(Cl)ccc3OC2)cc1. The predicted octanol–water partition coefficient (Wildman–Crippen LogP) is 5.08. The van der Waals surface area contributed by atoms with Crippen molar-refractivity contribution >= 4 is 46.3 Å². The van der Waals surface area contributed by atoms with Gasteiger partial charge >= 0.3 is 0 Å². The summed E-state index contributed by atoms with van der Waals surface area (Å²) in [4.78, 5) is 26.2. The van der Waals surface area contributed by atoms with Gasteiger partial charge < -0.3 is 15.0 Å². The van der Waals surface area contributed by atoms with Gasteiger partial charge in [-0.05, 0) is 65.9 Å². The average molecular weight is 415 g/mol. The summed E-state index contributed by atoms with van der Waals surface area (Å²) >= 11 is 7.14. The summed E-state index contributed by atoms with van der Waals surface area (Å²) in [6.07, 6.45) is 5.13. The fraction of sp³-hybridized carbons (Fsp3) is 0.143. The van der Waals surface area contributed by atoms with Gasteiger partial charge in [0.2, 0.25) is 5.91 Å². The zero-order valence-electron chi connectivity index (χ0n) is 15.4. The Bertz CT molecular complexity index is 953. The summed E-state index contributed by atoms with van der Waals surface area (Å²) in [6.45, 7) is 0.393. The van der Waals surface area contributed by atoms with E-state index in [4.69, 9.17) is 16.3 Å². The van der Waals surface area contributed by atoms with Crippen molar-refractivity contribution in [2.24, 2.45) is 0 Å². The Kier molecular flexibility index (Phi) is 6.44. The highest BCUT2D eigenvalue weighted by Crippen LogP contribution is 2.29. The van der Waals surface area contributed by atoms with Crippen LogP contribution in [0, 0.1) is 0 Å². The number of halogens is 1. The third-order valence-corrected chi connectivity index (χ3v) is 5.13. The van der Waals surface area contributed by atoms with Crippen LogP contribution in [0.4, 0.5) is 10.5 Å². The molecule has 1 aliphatic heterocycles. The molecule has 144 valence electrons. The lowest BCUT2D eigenvalue weighted by atomic mass is 10.1. The molecular weight excluding hydrogens is 396 g/mol. The number of hydrogen-bond acceptors (Lipinski definition) is 4. The molecular formula is C21H19ClN2O3S. The molecule has 0 saturated heterocycles. The van der Waals surface area contributed by atoms with Crippen LogP contribution in [0.2, 0.25) is 5.02 Å². The molecule has 0 aliphatic carbocycles. The molecule has 1 heterocycles. The van der Waals surface area contributed by atoms with E-state index in [0.29, 0.717) is 17.3 Å². The number of amides is 2. The van der Waals surface area contributed by atoms with Crippen molar-refractivity contribution in [1.29, 1.82) is 0 Å². The lowest BCUT2D eigenvalue weighted by Gasteiger charge is -2.16. The van der Waals surface area contributed by atoms with Gasteiger partial charge in [-0.25, -0.2) is 0 Å². The van der Waals surface area contributed by atoms with Gasteiger partial charge in [-0.1, -0.05) is 17.7 Å². The largest absolute Gasteiger partial charge is 0.488 e. The molecule has 2 amide bonds. The Hall–Kier alpha value is -2.70. The van der Waals surface area contributed by atoms with E-state index in [1.54, 1.807) is 50.5 Å². The van der Waals surface area contributed by atoms with Gasteiger partial charge in [0.05, 0.1) is 0 Å². The van der Waals surface area contributed by atoms with E-state index in [1.165, 1.54) is 11.0 Å². The minimum Gasteiger partial charge on any atom is -0.488 e. The highest BCUT2D eigenvalue weighted by atomic mass is 35.5. The monoisotopic (exact) mass is 414 g/mol. The van der Waals surface area contributed by atoms with E-state index in [2.05, 4.69) is 5.32 Å². The van der Waals surface area contributed by atoms with Crippen LogP contribution in [-0.4, -0.2) is 36.7 Å². The molecule has 28 heavy (non-hydrogen) atoms. The third kappa shape index (κ3) is 5.41. The maximum absolute atomic E-state index is 12.2. The first kappa shape index (κ1) is 20.0. The number of nitrogens with zero attached hydrogens (tertiary/aromatic N) is 1. The van der Waals surface area contributed by atoms with Gasteiger partial charge in [-0.3, -0.25) is 9.59 Å². The van der Waals surface area contributed by atoms with Crippen LogP contribution in [0.15, 0.2) is 65.1 Å². The Labute approximate surface area is 173 Å². The summed E-state index contributed by atoms with van der Waals surface area (Å²) in [7, 11) is 3.41. The van der Waals surface area contributed by atoms with Gasteiger partial charge in [-0.2, -0.15) is 0 Å². The molecule has 1 aliphatic rings. The molecule has 0 saturated carbocycles. The quantitative estimate of drug-likeness (QED) is 0.559. The maximum Gasteiger partial charge on any atom is 0.285 e. The van der Waals surface area contributed by atoms with Crippen molar-refractivity contribution < 1.29 is 14.3 Å². The van der Waals surface area contributed by atoms with Crippen LogP contribution < -0.4 is 10.1 Å². The van der Waals surface area contributed by atoms with Crippen LogP contribution in [0.5, 0.6) is 5.75 Å². The van der Waals surface area contributed by atoms with E-state index in [0.717, 1.165) is 33.5 Å². The fourth-order valence-corrected chi connectivity index (χ4v) is 3.26. The lowest BCUT2D eigenvalue weighted by Crippen LogP contribution is -2.16. The normalized spacial score (nSPS) is 12.8. The summed E-state index contributed by atoms with van der Waals surface area (Å²) in [5.74, 6) is 0.527. The van der Waals surface area contributed by atoms with Gasteiger partial charge in [0.25, 0.3) is 5.24 Å². The summed E-state index contributed by atoms with van der Waals surface area (Å²) in [6, 6.07) is 12.5. The number of carbonyl (C=O) groups excluding carboxylic acids is 2. The molecule has 0 bridgehead atoms. The van der Waals surface area contributed by atoms with Crippen molar-refractivity contribution in [3.63, 3.8) is 0 Å². The topological polar surface area (TPSA) is 58.6 Å². The molecule has 2 aromatic rings. The molecule has 0 atom stereocenters. The summed E-state index contributed by atoms with van der Waals surface area (Å²) in [5, 5.41) is 3.38. The van der Waals surface area contributed by atoms with E-state index in [1.807, 2.05) is 18.2 Å². The van der Waals surface area contributed by atoms with Gasteiger partial charge in [0.15, 0.2) is 0 Å². The van der Waals surface area contributed by atoms with Crippen LogP contribution >= 0.6 is 23.4 Å². The molecule has 0 radical (unpaired) electrons. The first-order chi connectivity index (χ1) is 13.4. The highest BCUT2D eigenvalue weighted by molar-refractivity contribution is 8.13. The van der Waals surface area contributed by atoms with E-state index >= 15 is 0 Å². The molecule has 3 rings (SSSR count). The maximum atomic E-state index is 12.2. The minimum absolute atomic E-state index is 0.0504. The first-order valence-corrected chi connectivity index (χ1v) is 9.71. The van der Waals surface area contributed by atoms with Crippen LogP contribution in [0.25, 0.3) is 6.08 Å². The second-order valence-electron chi connectivity index (χ2n) is 6.30. The number of fused-ring (bicyclic) bond motifs is 1. The number of anilines is 1. The average Bonchev–Trinajstić information content (AvgIpc) is 2.67. The molecule has 0 spiro atoms. The Morgan fingerprint density at radius 1 is 1.18 bits per heavy atom. The van der Waals surface area contributed by atoms with Gasteiger partial charge in [-0.15, -0.1) is 0 Å². The number of carbonyl (C=O) groups is 2. The molecule has 0 aromatic heterocycles. The number of ether oxygens (including phenoxy) is 1. The van der Waals surface area contributed by atoms with E-state index in [9.17, 15) is 9.59 Å². The predicted molar refractivity (Wildman–Crippen MR) is 114 cm³/mol. The number of benzene rings is 2. The zero-order valence-corrected chi connectivity index (χ0v) is 17.0. The number of nitrogens with one attached hydrogen (secondary N) is 1.